The summed E-state index contributed by atoms with van der Waals surface area (Å²) in [7, 11) is 1.80. The van der Waals surface area contributed by atoms with Crippen LogP contribution in [0.4, 0.5) is 5.69 Å². The number of anilines is 1. The van der Waals surface area contributed by atoms with Gasteiger partial charge in [0, 0.05) is 0 Å². The molecule has 0 aromatic heterocycles. The van der Waals surface area contributed by atoms with Crippen molar-refractivity contribution in [3.63, 3.8) is 0 Å². The molecule has 0 aliphatic carbocycles. The Morgan fingerprint density at radius 2 is 1.76 bits per heavy atom. The van der Waals surface area contributed by atoms with E-state index >= 15 is 0 Å². The first-order chi connectivity index (χ1) is 13.5. The Bertz CT molecular complexity index is 730. The Balaban J connectivity index is 2.66. The summed E-state index contributed by atoms with van der Waals surface area (Å²) in [4.78, 5) is 11.1. The van der Waals surface area contributed by atoms with Gasteiger partial charge in [0.25, 0.3) is 10.2 Å². The van der Waals surface area contributed by atoms with Gasteiger partial charge < -0.3 is 9.59 Å². The van der Waals surface area contributed by atoms with Gasteiger partial charge in [0.05, 0.1) is 45.8 Å². The molecule has 0 amide bonds. The average Bonchev–Trinajstić information content (AvgIpc) is 2.55. The molecule has 1 aromatic rings. The molecule has 0 aliphatic heterocycles. The molecule has 0 aliphatic rings. The molecule has 1 unspecified atom stereocenters. The zero-order valence-corrected chi connectivity index (χ0v) is 19.1. The molecule has 8 heteroatoms. The van der Waals surface area contributed by atoms with Crippen LogP contribution in [0, 0.1) is 0 Å². The van der Waals surface area contributed by atoms with Crippen LogP contribution in [-0.4, -0.2) is 57.7 Å². The highest BCUT2D eigenvalue weighted by molar-refractivity contribution is 7.90. The number of nitrogens with zero attached hydrogens (tertiary/aromatic N) is 1. The fourth-order valence-electron chi connectivity index (χ4n) is 3.32. The van der Waals surface area contributed by atoms with E-state index in [-0.39, 0.29) is 6.42 Å². The highest BCUT2D eigenvalue weighted by Gasteiger charge is 2.25. The molecule has 29 heavy (non-hydrogen) atoms. The fraction of sp³-hybridized carbons (Fsp3) is 0.667. The van der Waals surface area contributed by atoms with Crippen molar-refractivity contribution in [2.75, 3.05) is 32.4 Å². The molecule has 0 bridgehead atoms. The largest absolute Gasteiger partial charge is 0.481 e. The predicted octanol–water partition coefficient (Wildman–Crippen LogP) is 3.39. The molecule has 3 N–H and O–H groups in total. The van der Waals surface area contributed by atoms with Gasteiger partial charge in [0.1, 0.15) is 0 Å². The highest BCUT2D eigenvalue weighted by Crippen LogP contribution is 2.16. The zero-order valence-electron chi connectivity index (χ0n) is 18.3. The van der Waals surface area contributed by atoms with Crippen LogP contribution >= 0.6 is 0 Å². The van der Waals surface area contributed by atoms with Crippen molar-refractivity contribution >= 4 is 21.9 Å². The van der Waals surface area contributed by atoms with Gasteiger partial charge >= 0.3 is 5.97 Å². The molecule has 166 valence electrons. The first-order valence-electron chi connectivity index (χ1n) is 10.4. The van der Waals surface area contributed by atoms with Crippen molar-refractivity contribution in [1.29, 1.82) is 0 Å². The van der Waals surface area contributed by atoms with Crippen molar-refractivity contribution in [3.8, 4) is 0 Å². The third-order valence-electron chi connectivity index (χ3n) is 4.51. The van der Waals surface area contributed by atoms with Gasteiger partial charge in [-0.15, -0.1) is 0 Å². The number of benzene rings is 1. The second-order valence-electron chi connectivity index (χ2n) is 8.71. The number of hydrogen-bond acceptors (Lipinski definition) is 3. The molecule has 0 spiro atoms. The quantitative estimate of drug-likeness (QED) is 0.295. The summed E-state index contributed by atoms with van der Waals surface area (Å²) in [5.41, 5.74) is 1.58. The lowest BCUT2D eigenvalue weighted by Crippen LogP contribution is -2.50. The number of hydrogen-bond donors (Lipinski definition) is 3. The number of nitrogens with one attached hydrogen (secondary N) is 2. The van der Waals surface area contributed by atoms with Gasteiger partial charge in [-0.05, 0) is 30.5 Å². The normalized spacial score (nSPS) is 13.2. The molecule has 0 radical (unpaired) electrons. The lowest BCUT2D eigenvalue weighted by atomic mass is 10.0. The van der Waals surface area contributed by atoms with E-state index < -0.39 is 22.2 Å². The second kappa shape index (κ2) is 12.1. The smallest absolute Gasteiger partial charge is 0.305 e. The Kier molecular flexibility index (Phi) is 10.6. The number of rotatable bonds is 15. The summed E-state index contributed by atoms with van der Waals surface area (Å²) in [6.45, 7) is 2.57. The number of quaternary nitrogens is 1. The lowest BCUT2D eigenvalue weighted by molar-refractivity contribution is -0.871. The Labute approximate surface area is 176 Å². The van der Waals surface area contributed by atoms with Crippen molar-refractivity contribution < 1.29 is 22.8 Å². The van der Waals surface area contributed by atoms with Crippen LogP contribution in [0.1, 0.15) is 57.4 Å². The van der Waals surface area contributed by atoms with E-state index in [9.17, 15) is 13.2 Å². The van der Waals surface area contributed by atoms with Crippen LogP contribution in [0.15, 0.2) is 24.3 Å². The fourth-order valence-corrected chi connectivity index (χ4v) is 4.41. The van der Waals surface area contributed by atoms with E-state index in [0.29, 0.717) is 16.7 Å². The van der Waals surface area contributed by atoms with E-state index in [4.69, 9.17) is 5.11 Å². The van der Waals surface area contributed by atoms with Gasteiger partial charge in [0.15, 0.2) is 0 Å². The first-order valence-corrected chi connectivity index (χ1v) is 11.9. The number of aryl methyl sites for hydroxylation is 1. The van der Waals surface area contributed by atoms with Crippen LogP contribution in [-0.2, 0) is 21.4 Å². The van der Waals surface area contributed by atoms with E-state index in [1.54, 1.807) is 6.07 Å². The van der Waals surface area contributed by atoms with Gasteiger partial charge in [-0.3, -0.25) is 9.52 Å². The third kappa shape index (κ3) is 12.5. The molecule has 0 saturated carbocycles. The molecular weight excluding hydrogens is 390 g/mol. The SMILES string of the molecule is CCCCCCCCc1cccc(NS(=O)(=O)NC(CC(=O)O)C[N+](C)(C)C)c1. The first kappa shape index (κ1) is 25.4. The highest BCUT2D eigenvalue weighted by atomic mass is 32.2. The summed E-state index contributed by atoms with van der Waals surface area (Å²) in [6, 6.07) is 6.69. The van der Waals surface area contributed by atoms with Crippen molar-refractivity contribution in [2.45, 2.75) is 64.3 Å². The topological polar surface area (TPSA) is 95.5 Å². The van der Waals surface area contributed by atoms with Crippen LogP contribution in [0.2, 0.25) is 0 Å². The molecule has 7 nitrogen and oxygen atoms in total. The minimum atomic E-state index is -3.88. The number of aliphatic carboxylic acids is 1. The van der Waals surface area contributed by atoms with Crippen LogP contribution in [0.3, 0.4) is 0 Å². The standard InChI is InChI=1S/C21H37N3O4S/c1-5-6-7-8-9-10-12-18-13-11-14-19(15-18)22-29(27,28)23-20(16-21(25)26)17-24(2,3)4/h11,13-15,20,22-23H,5-10,12,16-17H2,1-4H3/p+1. The molecule has 0 heterocycles. The Morgan fingerprint density at radius 3 is 2.38 bits per heavy atom. The minimum Gasteiger partial charge on any atom is -0.481 e. The zero-order chi connectivity index (χ0) is 21.9. The second-order valence-corrected chi connectivity index (χ2v) is 10.2. The summed E-state index contributed by atoms with van der Waals surface area (Å²) >= 11 is 0. The van der Waals surface area contributed by atoms with Crippen molar-refractivity contribution in [2.24, 2.45) is 0 Å². The van der Waals surface area contributed by atoms with E-state index in [1.165, 1.54) is 32.1 Å². The van der Waals surface area contributed by atoms with Gasteiger partial charge in [-0.2, -0.15) is 13.1 Å². The average molecular weight is 429 g/mol. The number of carboxylic acid groups (broad SMARTS) is 1. The maximum absolute atomic E-state index is 12.5. The monoisotopic (exact) mass is 428 g/mol. The maximum atomic E-state index is 12.5. The summed E-state index contributed by atoms with van der Waals surface area (Å²) in [6.07, 6.45) is 7.93. The Morgan fingerprint density at radius 1 is 1.10 bits per heavy atom. The van der Waals surface area contributed by atoms with Gasteiger partial charge in [-0.1, -0.05) is 51.2 Å². The molecule has 1 aromatic carbocycles. The summed E-state index contributed by atoms with van der Waals surface area (Å²) < 4.78 is 30.5. The number of unbranched alkanes of at least 4 members (excludes halogenated alkanes) is 5. The van der Waals surface area contributed by atoms with Crippen LogP contribution in [0.25, 0.3) is 0 Å². The van der Waals surface area contributed by atoms with Crippen LogP contribution < -0.4 is 9.44 Å². The lowest BCUT2D eigenvalue weighted by Gasteiger charge is -2.29. The maximum Gasteiger partial charge on any atom is 0.305 e. The van der Waals surface area contributed by atoms with Gasteiger partial charge in [-0.25, -0.2) is 0 Å². The van der Waals surface area contributed by atoms with Crippen molar-refractivity contribution in [3.05, 3.63) is 29.8 Å². The predicted molar refractivity (Wildman–Crippen MR) is 118 cm³/mol. The summed E-state index contributed by atoms with van der Waals surface area (Å²) in [5, 5.41) is 9.09. The molecular formula is C21H38N3O4S+. The molecule has 1 rings (SSSR count). The molecule has 1 atom stereocenters. The van der Waals surface area contributed by atoms with Crippen LogP contribution in [0.5, 0.6) is 0 Å². The van der Waals surface area contributed by atoms with E-state index in [1.807, 2.05) is 39.3 Å². The summed E-state index contributed by atoms with van der Waals surface area (Å²) in [5.74, 6) is -1.04. The minimum absolute atomic E-state index is 0.269. The number of likely N-dealkylation sites (N-methyl/N-ethyl adjacent to an activating group) is 1. The molecule has 0 fully saturated rings. The Hall–Kier alpha value is -1.64. The van der Waals surface area contributed by atoms with E-state index in [0.717, 1.165) is 18.4 Å². The van der Waals surface area contributed by atoms with E-state index in [2.05, 4.69) is 16.4 Å². The van der Waals surface area contributed by atoms with Crippen molar-refractivity contribution in [1.82, 2.24) is 4.72 Å². The molecule has 0 saturated heterocycles. The third-order valence-corrected chi connectivity index (χ3v) is 5.66. The number of carbonyl (C=O) groups is 1. The van der Waals surface area contributed by atoms with Gasteiger partial charge in [0.2, 0.25) is 0 Å². The number of carboxylic acids is 1.